The Bertz CT molecular complexity index is 560. The van der Waals surface area contributed by atoms with Crippen molar-refractivity contribution in [1.29, 1.82) is 0 Å². The first-order valence-corrected chi connectivity index (χ1v) is 9.69. The fourth-order valence-electron chi connectivity index (χ4n) is 3.59. The summed E-state index contributed by atoms with van der Waals surface area (Å²) < 4.78 is 5.77. The van der Waals surface area contributed by atoms with Gasteiger partial charge in [-0.3, -0.25) is 4.99 Å². The fraction of sp³-hybridized carbons (Fsp3) is 0.667. The monoisotopic (exact) mass is 345 g/mol. The molecule has 0 unspecified atom stereocenters. The van der Waals surface area contributed by atoms with E-state index in [-0.39, 0.29) is 5.41 Å². The molecule has 0 atom stereocenters. The molecule has 0 aliphatic carbocycles. The van der Waals surface area contributed by atoms with E-state index in [4.69, 9.17) is 9.73 Å². The Kier molecular flexibility index (Phi) is 7.30. The molecule has 1 aromatic rings. The summed E-state index contributed by atoms with van der Waals surface area (Å²) in [5.41, 5.74) is 2.74. The lowest BCUT2D eigenvalue weighted by atomic mass is 9.82. The van der Waals surface area contributed by atoms with Crippen molar-refractivity contribution >= 4 is 5.96 Å². The molecule has 0 radical (unpaired) electrons. The van der Waals surface area contributed by atoms with Crippen LogP contribution in [0, 0.1) is 6.92 Å². The van der Waals surface area contributed by atoms with Crippen molar-refractivity contribution in [2.45, 2.75) is 59.0 Å². The summed E-state index contributed by atoms with van der Waals surface area (Å²) in [5, 5.41) is 3.47. The summed E-state index contributed by atoms with van der Waals surface area (Å²) in [6, 6.07) is 8.64. The van der Waals surface area contributed by atoms with Gasteiger partial charge in [-0.15, -0.1) is 0 Å². The fourth-order valence-corrected chi connectivity index (χ4v) is 3.59. The maximum Gasteiger partial charge on any atom is 0.193 e. The number of likely N-dealkylation sites (tertiary alicyclic amines) is 1. The molecule has 0 aromatic heterocycles. The Morgan fingerprint density at radius 2 is 1.92 bits per heavy atom. The van der Waals surface area contributed by atoms with Crippen molar-refractivity contribution in [2.24, 2.45) is 4.99 Å². The van der Waals surface area contributed by atoms with E-state index in [1.807, 2.05) is 0 Å². The van der Waals surface area contributed by atoms with Gasteiger partial charge in [0.05, 0.1) is 12.6 Å². The quantitative estimate of drug-likeness (QED) is 0.630. The number of rotatable bonds is 6. The number of hydrogen-bond acceptors (Lipinski definition) is 2. The zero-order chi connectivity index (χ0) is 18.3. The van der Waals surface area contributed by atoms with Crippen LogP contribution < -0.4 is 5.32 Å². The smallest absolute Gasteiger partial charge is 0.193 e. The standard InChI is InChI=1S/C21H35N3O/c1-6-22-20(24-14-12-18(13-15-24)25-7-2)23-16-21(4,5)19-11-9-8-10-17(19)3/h8-11,18H,6-7,12-16H2,1-5H3,(H,22,23). The van der Waals surface area contributed by atoms with Crippen LogP contribution in [0.5, 0.6) is 0 Å². The van der Waals surface area contributed by atoms with Crippen LogP contribution in [0.1, 0.15) is 51.7 Å². The summed E-state index contributed by atoms with van der Waals surface area (Å²) in [4.78, 5) is 7.37. The summed E-state index contributed by atoms with van der Waals surface area (Å²) in [6.45, 7) is 15.5. The Hall–Kier alpha value is -1.55. The van der Waals surface area contributed by atoms with E-state index in [0.717, 1.165) is 51.6 Å². The molecule has 1 saturated heterocycles. The number of guanidine groups is 1. The normalized spacial score (nSPS) is 17.0. The molecule has 0 spiro atoms. The van der Waals surface area contributed by atoms with Crippen LogP contribution in [0.2, 0.25) is 0 Å². The van der Waals surface area contributed by atoms with Gasteiger partial charge >= 0.3 is 0 Å². The minimum absolute atomic E-state index is 0.0235. The van der Waals surface area contributed by atoms with Crippen LogP contribution in [0.3, 0.4) is 0 Å². The van der Waals surface area contributed by atoms with Crippen molar-refractivity contribution in [2.75, 3.05) is 32.8 Å². The average molecular weight is 346 g/mol. The molecule has 1 aromatic carbocycles. The number of benzene rings is 1. The largest absolute Gasteiger partial charge is 0.378 e. The highest BCUT2D eigenvalue weighted by Crippen LogP contribution is 2.26. The minimum Gasteiger partial charge on any atom is -0.378 e. The predicted octanol–water partition coefficient (Wildman–Crippen LogP) is 3.74. The molecule has 4 nitrogen and oxygen atoms in total. The molecule has 140 valence electrons. The Morgan fingerprint density at radius 3 is 2.52 bits per heavy atom. The summed E-state index contributed by atoms with van der Waals surface area (Å²) in [6.07, 6.45) is 2.58. The highest BCUT2D eigenvalue weighted by atomic mass is 16.5. The molecule has 1 heterocycles. The van der Waals surface area contributed by atoms with Gasteiger partial charge in [0.1, 0.15) is 0 Å². The zero-order valence-corrected chi connectivity index (χ0v) is 16.6. The van der Waals surface area contributed by atoms with Gasteiger partial charge < -0.3 is 15.0 Å². The third-order valence-electron chi connectivity index (χ3n) is 4.98. The summed E-state index contributed by atoms with van der Waals surface area (Å²) in [7, 11) is 0. The number of nitrogens with zero attached hydrogens (tertiary/aromatic N) is 2. The summed E-state index contributed by atoms with van der Waals surface area (Å²) >= 11 is 0. The first kappa shape index (κ1) is 19.8. The van der Waals surface area contributed by atoms with Crippen molar-refractivity contribution in [3.8, 4) is 0 Å². The minimum atomic E-state index is 0.0235. The van der Waals surface area contributed by atoms with Gasteiger partial charge in [0.2, 0.25) is 0 Å². The second-order valence-electron chi connectivity index (χ2n) is 7.51. The number of nitrogens with one attached hydrogen (secondary N) is 1. The third kappa shape index (κ3) is 5.46. The van der Waals surface area contributed by atoms with Gasteiger partial charge in [-0.2, -0.15) is 0 Å². The number of aryl methyl sites for hydroxylation is 1. The second-order valence-corrected chi connectivity index (χ2v) is 7.51. The van der Waals surface area contributed by atoms with Gasteiger partial charge in [0, 0.05) is 31.7 Å². The maximum atomic E-state index is 5.77. The average Bonchev–Trinajstić information content (AvgIpc) is 2.60. The van der Waals surface area contributed by atoms with Crippen molar-refractivity contribution in [1.82, 2.24) is 10.2 Å². The van der Waals surface area contributed by atoms with E-state index < -0.39 is 0 Å². The Labute approximate surface area is 153 Å². The van der Waals surface area contributed by atoms with Crippen molar-refractivity contribution in [3.63, 3.8) is 0 Å². The first-order valence-electron chi connectivity index (χ1n) is 9.69. The van der Waals surface area contributed by atoms with E-state index in [0.29, 0.717) is 6.10 Å². The lowest BCUT2D eigenvalue weighted by Crippen LogP contribution is -2.47. The number of hydrogen-bond donors (Lipinski definition) is 1. The van der Waals surface area contributed by atoms with Gasteiger partial charge in [-0.1, -0.05) is 38.1 Å². The number of ether oxygens (including phenoxy) is 1. The van der Waals surface area contributed by atoms with Crippen molar-refractivity contribution < 1.29 is 4.74 Å². The molecule has 1 aliphatic rings. The number of piperidine rings is 1. The van der Waals surface area contributed by atoms with E-state index in [1.165, 1.54) is 11.1 Å². The second kappa shape index (κ2) is 9.23. The Balaban J connectivity index is 2.05. The molecular formula is C21H35N3O. The first-order chi connectivity index (χ1) is 12.0. The number of aliphatic imine (C=N–C) groups is 1. The molecule has 25 heavy (non-hydrogen) atoms. The van der Waals surface area contributed by atoms with Crippen LogP contribution in [0.4, 0.5) is 0 Å². The van der Waals surface area contributed by atoms with Gasteiger partial charge in [0.15, 0.2) is 5.96 Å². The van der Waals surface area contributed by atoms with Crippen LogP contribution in [-0.2, 0) is 10.2 Å². The molecule has 0 saturated carbocycles. The summed E-state index contributed by atoms with van der Waals surface area (Å²) in [5.74, 6) is 1.04. The van der Waals surface area contributed by atoms with Crippen LogP contribution in [0.15, 0.2) is 29.3 Å². The maximum absolute atomic E-state index is 5.77. The van der Waals surface area contributed by atoms with Crippen molar-refractivity contribution in [3.05, 3.63) is 35.4 Å². The SMILES string of the molecule is CCNC(=NCC(C)(C)c1ccccc1C)N1CCC(OCC)CC1. The topological polar surface area (TPSA) is 36.9 Å². The lowest BCUT2D eigenvalue weighted by molar-refractivity contribution is 0.0263. The van der Waals surface area contributed by atoms with Gasteiger partial charge in [-0.05, 0) is 44.7 Å². The van der Waals surface area contributed by atoms with Gasteiger partial charge in [-0.25, -0.2) is 0 Å². The van der Waals surface area contributed by atoms with E-state index >= 15 is 0 Å². The molecule has 1 N–H and O–H groups in total. The van der Waals surface area contributed by atoms with Crippen LogP contribution in [-0.4, -0.2) is 49.7 Å². The molecule has 1 fully saturated rings. The molecular weight excluding hydrogens is 310 g/mol. The molecule has 2 rings (SSSR count). The highest BCUT2D eigenvalue weighted by molar-refractivity contribution is 5.80. The van der Waals surface area contributed by atoms with E-state index in [1.54, 1.807) is 0 Å². The highest BCUT2D eigenvalue weighted by Gasteiger charge is 2.25. The lowest BCUT2D eigenvalue weighted by Gasteiger charge is -2.34. The van der Waals surface area contributed by atoms with E-state index in [2.05, 4.69) is 69.1 Å². The van der Waals surface area contributed by atoms with Crippen LogP contribution in [0.25, 0.3) is 0 Å². The van der Waals surface area contributed by atoms with Crippen LogP contribution >= 0.6 is 0 Å². The van der Waals surface area contributed by atoms with Gasteiger partial charge in [0.25, 0.3) is 0 Å². The third-order valence-corrected chi connectivity index (χ3v) is 4.98. The zero-order valence-electron chi connectivity index (χ0n) is 16.6. The molecule has 0 amide bonds. The van der Waals surface area contributed by atoms with E-state index in [9.17, 15) is 0 Å². The molecule has 4 heteroatoms. The Morgan fingerprint density at radius 1 is 1.24 bits per heavy atom. The molecule has 1 aliphatic heterocycles. The predicted molar refractivity (Wildman–Crippen MR) is 106 cm³/mol. The molecule has 0 bridgehead atoms.